The molecule has 0 saturated heterocycles. The summed E-state index contributed by atoms with van der Waals surface area (Å²) in [7, 11) is 0. The number of halogens is 1. The smallest absolute Gasteiger partial charge is 0.244 e. The van der Waals surface area contributed by atoms with E-state index in [9.17, 15) is 0 Å². The second-order valence-corrected chi connectivity index (χ2v) is 2.67. The van der Waals surface area contributed by atoms with Crippen LogP contribution in [0.25, 0.3) is 0 Å². The zero-order valence-corrected chi connectivity index (χ0v) is 6.72. The summed E-state index contributed by atoms with van der Waals surface area (Å²) < 4.78 is 4.82. The predicted molar refractivity (Wildman–Crippen MR) is 37.9 cm³/mol. The van der Waals surface area contributed by atoms with Gasteiger partial charge in [-0.2, -0.15) is 4.98 Å². The van der Waals surface area contributed by atoms with Crippen molar-refractivity contribution in [1.29, 1.82) is 0 Å². The molecule has 0 radical (unpaired) electrons. The van der Waals surface area contributed by atoms with Gasteiger partial charge in [0.2, 0.25) is 5.89 Å². The minimum atomic E-state index is -0.187. The first-order valence-corrected chi connectivity index (χ1v) is 3.64. The van der Waals surface area contributed by atoms with Crippen LogP contribution in [0.5, 0.6) is 0 Å². The van der Waals surface area contributed by atoms with Crippen LogP contribution in [0.15, 0.2) is 4.52 Å². The molecule has 1 atom stereocenters. The average molecular weight is 161 g/mol. The summed E-state index contributed by atoms with van der Waals surface area (Å²) in [6, 6.07) is 0. The highest BCUT2D eigenvalue weighted by atomic mass is 35.5. The van der Waals surface area contributed by atoms with Gasteiger partial charge in [0.05, 0.1) is 0 Å². The van der Waals surface area contributed by atoms with Gasteiger partial charge in [-0.1, -0.05) is 12.1 Å². The van der Waals surface area contributed by atoms with Gasteiger partial charge in [-0.3, -0.25) is 0 Å². The Morgan fingerprint density at radius 1 is 1.70 bits per heavy atom. The molecule has 0 aliphatic rings. The van der Waals surface area contributed by atoms with Crippen LogP contribution >= 0.6 is 11.6 Å². The standard InChI is InChI=1S/C6H9ClN2O/c1-3-5-8-6(4(2)7)10-9-5/h4H,3H2,1-2H3. The maximum atomic E-state index is 5.68. The second kappa shape index (κ2) is 3.01. The zero-order valence-electron chi connectivity index (χ0n) is 5.97. The van der Waals surface area contributed by atoms with Crippen LogP contribution in [-0.2, 0) is 6.42 Å². The molecule has 0 amide bonds. The molecular weight excluding hydrogens is 152 g/mol. The lowest BCUT2D eigenvalue weighted by atomic mass is 10.4. The molecule has 4 heteroatoms. The third kappa shape index (κ3) is 1.48. The topological polar surface area (TPSA) is 38.9 Å². The molecule has 0 saturated carbocycles. The first-order chi connectivity index (χ1) is 4.74. The van der Waals surface area contributed by atoms with E-state index < -0.39 is 0 Å². The number of hydrogen-bond donors (Lipinski definition) is 0. The fourth-order valence-electron chi connectivity index (χ4n) is 0.573. The molecule has 0 aliphatic carbocycles. The summed E-state index contributed by atoms with van der Waals surface area (Å²) in [5.74, 6) is 1.21. The Morgan fingerprint density at radius 2 is 2.40 bits per heavy atom. The predicted octanol–water partition coefficient (Wildman–Crippen LogP) is 1.93. The molecule has 1 unspecified atom stereocenters. The molecule has 0 bridgehead atoms. The minimum absolute atomic E-state index is 0.187. The van der Waals surface area contributed by atoms with Crippen LogP contribution in [0.4, 0.5) is 0 Å². The molecule has 0 spiro atoms. The van der Waals surface area contributed by atoms with E-state index in [0.29, 0.717) is 11.7 Å². The molecule has 1 aromatic rings. The number of rotatable bonds is 2. The lowest BCUT2D eigenvalue weighted by Crippen LogP contribution is -1.85. The van der Waals surface area contributed by atoms with E-state index in [-0.39, 0.29) is 5.38 Å². The van der Waals surface area contributed by atoms with Crippen LogP contribution in [0.1, 0.15) is 30.9 Å². The van der Waals surface area contributed by atoms with Gasteiger partial charge in [0.25, 0.3) is 0 Å². The maximum absolute atomic E-state index is 5.68. The first kappa shape index (κ1) is 7.54. The fourth-order valence-corrected chi connectivity index (χ4v) is 0.661. The molecule has 0 aromatic carbocycles. The number of aromatic nitrogens is 2. The van der Waals surface area contributed by atoms with Gasteiger partial charge in [0.1, 0.15) is 5.38 Å². The van der Waals surface area contributed by atoms with Crippen molar-refractivity contribution in [2.75, 3.05) is 0 Å². The lowest BCUT2D eigenvalue weighted by molar-refractivity contribution is 0.374. The summed E-state index contributed by atoms with van der Waals surface area (Å²) >= 11 is 5.68. The molecule has 1 rings (SSSR count). The summed E-state index contributed by atoms with van der Waals surface area (Å²) in [5.41, 5.74) is 0. The molecule has 0 fully saturated rings. The van der Waals surface area contributed by atoms with Gasteiger partial charge in [0.15, 0.2) is 5.82 Å². The number of hydrogen-bond acceptors (Lipinski definition) is 3. The molecule has 0 N–H and O–H groups in total. The average Bonchev–Trinajstić information content (AvgIpc) is 2.34. The number of aryl methyl sites for hydroxylation is 1. The van der Waals surface area contributed by atoms with Gasteiger partial charge >= 0.3 is 0 Å². The first-order valence-electron chi connectivity index (χ1n) is 3.20. The second-order valence-electron chi connectivity index (χ2n) is 2.02. The summed E-state index contributed by atoms with van der Waals surface area (Å²) in [4.78, 5) is 4.02. The Balaban J connectivity index is 2.78. The van der Waals surface area contributed by atoms with Gasteiger partial charge in [-0.25, -0.2) is 0 Å². The van der Waals surface area contributed by atoms with Crippen molar-refractivity contribution in [3.8, 4) is 0 Å². The van der Waals surface area contributed by atoms with E-state index in [1.165, 1.54) is 0 Å². The van der Waals surface area contributed by atoms with Crippen LogP contribution in [0, 0.1) is 0 Å². The molecular formula is C6H9ClN2O. The van der Waals surface area contributed by atoms with E-state index in [0.717, 1.165) is 6.42 Å². The van der Waals surface area contributed by atoms with Crippen LogP contribution < -0.4 is 0 Å². The molecule has 0 aliphatic heterocycles. The van der Waals surface area contributed by atoms with Crippen LogP contribution in [0.2, 0.25) is 0 Å². The Bertz CT molecular complexity index is 209. The van der Waals surface area contributed by atoms with Crippen molar-refractivity contribution in [3.05, 3.63) is 11.7 Å². The van der Waals surface area contributed by atoms with Crippen molar-refractivity contribution in [1.82, 2.24) is 10.1 Å². The van der Waals surface area contributed by atoms with Crippen molar-refractivity contribution >= 4 is 11.6 Å². The quantitative estimate of drug-likeness (QED) is 0.621. The highest BCUT2D eigenvalue weighted by Crippen LogP contribution is 2.16. The van der Waals surface area contributed by atoms with Crippen molar-refractivity contribution in [2.24, 2.45) is 0 Å². The van der Waals surface area contributed by atoms with Crippen molar-refractivity contribution in [3.63, 3.8) is 0 Å². The third-order valence-corrected chi connectivity index (χ3v) is 1.33. The highest BCUT2D eigenvalue weighted by molar-refractivity contribution is 6.20. The van der Waals surface area contributed by atoms with E-state index in [4.69, 9.17) is 16.1 Å². The van der Waals surface area contributed by atoms with Crippen LogP contribution in [-0.4, -0.2) is 10.1 Å². The number of nitrogens with zero attached hydrogens (tertiary/aromatic N) is 2. The minimum Gasteiger partial charge on any atom is -0.338 e. The van der Waals surface area contributed by atoms with Crippen molar-refractivity contribution in [2.45, 2.75) is 25.6 Å². The lowest BCUT2D eigenvalue weighted by Gasteiger charge is -1.88. The summed E-state index contributed by atoms with van der Waals surface area (Å²) in [6.45, 7) is 3.77. The Labute approximate surface area is 64.4 Å². The number of alkyl halides is 1. The van der Waals surface area contributed by atoms with E-state index in [1.54, 1.807) is 6.92 Å². The Kier molecular flexibility index (Phi) is 2.27. The third-order valence-electron chi connectivity index (χ3n) is 1.14. The zero-order chi connectivity index (χ0) is 7.56. The Morgan fingerprint density at radius 3 is 2.70 bits per heavy atom. The van der Waals surface area contributed by atoms with Crippen molar-refractivity contribution < 1.29 is 4.52 Å². The van der Waals surface area contributed by atoms with E-state index >= 15 is 0 Å². The summed E-state index contributed by atoms with van der Waals surface area (Å²) in [5, 5.41) is 3.50. The monoisotopic (exact) mass is 160 g/mol. The Hall–Kier alpha value is -0.570. The van der Waals surface area contributed by atoms with Gasteiger partial charge in [-0.05, 0) is 6.92 Å². The molecule has 56 valence electrons. The largest absolute Gasteiger partial charge is 0.338 e. The van der Waals surface area contributed by atoms with E-state index in [1.807, 2.05) is 6.92 Å². The molecule has 1 heterocycles. The molecule has 1 aromatic heterocycles. The molecule has 10 heavy (non-hydrogen) atoms. The normalized spacial score (nSPS) is 13.5. The maximum Gasteiger partial charge on any atom is 0.244 e. The van der Waals surface area contributed by atoms with Crippen LogP contribution in [0.3, 0.4) is 0 Å². The van der Waals surface area contributed by atoms with Gasteiger partial charge in [0, 0.05) is 6.42 Å². The highest BCUT2D eigenvalue weighted by Gasteiger charge is 2.09. The van der Waals surface area contributed by atoms with Gasteiger partial charge in [-0.15, -0.1) is 11.6 Å². The van der Waals surface area contributed by atoms with E-state index in [2.05, 4.69) is 10.1 Å². The fraction of sp³-hybridized carbons (Fsp3) is 0.667. The van der Waals surface area contributed by atoms with Gasteiger partial charge < -0.3 is 4.52 Å². The molecule has 3 nitrogen and oxygen atoms in total. The SMILES string of the molecule is CCc1noc(C(C)Cl)n1. The summed E-state index contributed by atoms with van der Waals surface area (Å²) in [6.07, 6.45) is 0.785.